The smallest absolute Gasteiger partial charge is 0.311 e. The van der Waals surface area contributed by atoms with Crippen LogP contribution in [0, 0.1) is 5.41 Å². The van der Waals surface area contributed by atoms with Gasteiger partial charge in [0.05, 0.1) is 12.5 Å². The van der Waals surface area contributed by atoms with Gasteiger partial charge in [0.2, 0.25) is 0 Å². The molecule has 0 bridgehead atoms. The SMILES string of the molecule is COC(=O)C(C)(C)CCS. The number of carbonyl (C=O) groups is 1. The molecule has 0 saturated heterocycles. The molecule has 0 fully saturated rings. The molecular formula is C7H14O2S. The zero-order chi connectivity index (χ0) is 8.20. The van der Waals surface area contributed by atoms with Crippen molar-refractivity contribution in [3.8, 4) is 0 Å². The number of rotatable bonds is 3. The number of hydrogen-bond donors (Lipinski definition) is 1. The van der Waals surface area contributed by atoms with Crippen LogP contribution >= 0.6 is 12.6 Å². The van der Waals surface area contributed by atoms with Crippen molar-refractivity contribution in [1.29, 1.82) is 0 Å². The summed E-state index contributed by atoms with van der Waals surface area (Å²) in [7, 11) is 1.41. The molecule has 3 heteroatoms. The molecule has 0 heterocycles. The van der Waals surface area contributed by atoms with Gasteiger partial charge in [-0.25, -0.2) is 0 Å². The zero-order valence-corrected chi connectivity index (χ0v) is 7.57. The van der Waals surface area contributed by atoms with Crippen molar-refractivity contribution in [3.63, 3.8) is 0 Å². The van der Waals surface area contributed by atoms with Crippen molar-refractivity contribution in [2.75, 3.05) is 12.9 Å². The number of thiol groups is 1. The first kappa shape index (κ1) is 9.82. The van der Waals surface area contributed by atoms with Crippen molar-refractivity contribution in [2.24, 2.45) is 5.41 Å². The van der Waals surface area contributed by atoms with Crippen LogP contribution in [0.15, 0.2) is 0 Å². The lowest BCUT2D eigenvalue weighted by Gasteiger charge is -2.19. The van der Waals surface area contributed by atoms with Crippen LogP contribution in [0.5, 0.6) is 0 Å². The highest BCUT2D eigenvalue weighted by atomic mass is 32.1. The van der Waals surface area contributed by atoms with E-state index >= 15 is 0 Å². The topological polar surface area (TPSA) is 26.3 Å². The van der Waals surface area contributed by atoms with E-state index in [1.54, 1.807) is 0 Å². The van der Waals surface area contributed by atoms with Crippen LogP contribution in [0.3, 0.4) is 0 Å². The molecule has 0 aromatic rings. The Labute approximate surface area is 67.4 Å². The highest BCUT2D eigenvalue weighted by Crippen LogP contribution is 2.21. The molecule has 0 spiro atoms. The predicted molar refractivity (Wildman–Crippen MR) is 44.3 cm³/mol. The van der Waals surface area contributed by atoms with Crippen LogP contribution in [0.1, 0.15) is 20.3 Å². The Balaban J connectivity index is 3.96. The lowest BCUT2D eigenvalue weighted by atomic mass is 9.91. The summed E-state index contributed by atoms with van der Waals surface area (Å²) in [6.45, 7) is 3.71. The molecule has 0 aliphatic carbocycles. The van der Waals surface area contributed by atoms with Crippen LogP contribution in [-0.2, 0) is 9.53 Å². The maximum absolute atomic E-state index is 11.0. The fourth-order valence-corrected chi connectivity index (χ4v) is 1.22. The fourth-order valence-electron chi connectivity index (χ4n) is 0.658. The van der Waals surface area contributed by atoms with Crippen molar-refractivity contribution < 1.29 is 9.53 Å². The van der Waals surface area contributed by atoms with Crippen molar-refractivity contribution in [1.82, 2.24) is 0 Å². The van der Waals surface area contributed by atoms with Gasteiger partial charge in [0, 0.05) is 0 Å². The second-order valence-electron chi connectivity index (χ2n) is 2.85. The molecule has 0 rings (SSSR count). The summed E-state index contributed by atoms with van der Waals surface area (Å²) in [5.41, 5.74) is -0.378. The summed E-state index contributed by atoms with van der Waals surface area (Å²) >= 11 is 4.04. The normalized spacial score (nSPS) is 11.2. The Morgan fingerprint density at radius 3 is 2.40 bits per heavy atom. The van der Waals surface area contributed by atoms with Crippen molar-refractivity contribution in [3.05, 3.63) is 0 Å². The van der Waals surface area contributed by atoms with E-state index in [4.69, 9.17) is 0 Å². The van der Waals surface area contributed by atoms with E-state index in [-0.39, 0.29) is 11.4 Å². The third-order valence-corrected chi connectivity index (χ3v) is 1.70. The largest absolute Gasteiger partial charge is 0.469 e. The summed E-state index contributed by atoms with van der Waals surface area (Å²) in [4.78, 5) is 11.0. The van der Waals surface area contributed by atoms with Gasteiger partial charge in [-0.1, -0.05) is 0 Å². The van der Waals surface area contributed by atoms with E-state index in [0.29, 0.717) is 5.75 Å². The molecule has 0 atom stereocenters. The lowest BCUT2D eigenvalue weighted by molar-refractivity contribution is -0.150. The van der Waals surface area contributed by atoms with Gasteiger partial charge in [0.25, 0.3) is 0 Å². The molecule has 0 saturated carbocycles. The molecule has 0 N–H and O–H groups in total. The Morgan fingerprint density at radius 2 is 2.10 bits per heavy atom. The molecule has 0 radical (unpaired) electrons. The third-order valence-electron chi connectivity index (χ3n) is 1.47. The van der Waals surface area contributed by atoms with E-state index in [9.17, 15) is 4.79 Å². The first-order chi connectivity index (χ1) is 4.54. The summed E-state index contributed by atoms with van der Waals surface area (Å²) in [6.07, 6.45) is 0.753. The molecule has 0 aliphatic rings. The summed E-state index contributed by atoms with van der Waals surface area (Å²) in [5.74, 6) is 0.545. The lowest BCUT2D eigenvalue weighted by Crippen LogP contribution is -2.25. The second-order valence-corrected chi connectivity index (χ2v) is 3.30. The highest BCUT2D eigenvalue weighted by Gasteiger charge is 2.27. The Hall–Kier alpha value is -0.180. The number of hydrogen-bond acceptors (Lipinski definition) is 3. The minimum absolute atomic E-state index is 0.165. The van der Waals surface area contributed by atoms with Crippen LogP contribution in [0.4, 0.5) is 0 Å². The van der Waals surface area contributed by atoms with Crippen molar-refractivity contribution in [2.45, 2.75) is 20.3 Å². The zero-order valence-electron chi connectivity index (χ0n) is 6.68. The molecule has 0 aliphatic heterocycles. The van der Waals surface area contributed by atoms with E-state index in [2.05, 4.69) is 17.4 Å². The summed E-state index contributed by atoms with van der Waals surface area (Å²) in [6, 6.07) is 0. The average Bonchev–Trinajstić information content (AvgIpc) is 1.86. The number of esters is 1. The molecule has 0 unspecified atom stereocenters. The average molecular weight is 162 g/mol. The second kappa shape index (κ2) is 3.86. The van der Waals surface area contributed by atoms with Crippen LogP contribution in [-0.4, -0.2) is 18.8 Å². The first-order valence-electron chi connectivity index (χ1n) is 3.24. The summed E-state index contributed by atoms with van der Waals surface area (Å²) < 4.78 is 4.59. The molecule has 10 heavy (non-hydrogen) atoms. The molecule has 2 nitrogen and oxygen atoms in total. The van der Waals surface area contributed by atoms with Gasteiger partial charge in [0.15, 0.2) is 0 Å². The maximum Gasteiger partial charge on any atom is 0.311 e. The quantitative estimate of drug-likeness (QED) is 0.503. The monoisotopic (exact) mass is 162 g/mol. The minimum atomic E-state index is -0.378. The molecule has 60 valence electrons. The Bertz CT molecular complexity index is 121. The predicted octanol–water partition coefficient (Wildman–Crippen LogP) is 1.51. The first-order valence-corrected chi connectivity index (χ1v) is 3.87. The summed E-state index contributed by atoms with van der Waals surface area (Å²) in [5, 5.41) is 0. The number of carbonyl (C=O) groups excluding carboxylic acids is 1. The fraction of sp³-hybridized carbons (Fsp3) is 0.857. The van der Waals surface area contributed by atoms with E-state index in [1.165, 1.54) is 7.11 Å². The van der Waals surface area contributed by atoms with Crippen LogP contribution in [0.2, 0.25) is 0 Å². The van der Waals surface area contributed by atoms with Gasteiger partial charge >= 0.3 is 5.97 Å². The van der Waals surface area contributed by atoms with E-state index in [0.717, 1.165) is 6.42 Å². The Kier molecular flexibility index (Phi) is 3.79. The van der Waals surface area contributed by atoms with Gasteiger partial charge in [-0.05, 0) is 26.0 Å². The van der Waals surface area contributed by atoms with Gasteiger partial charge in [-0.2, -0.15) is 12.6 Å². The van der Waals surface area contributed by atoms with Gasteiger partial charge < -0.3 is 4.74 Å². The molecular weight excluding hydrogens is 148 g/mol. The van der Waals surface area contributed by atoms with E-state index in [1.807, 2.05) is 13.8 Å². The molecule has 0 aromatic carbocycles. The van der Waals surface area contributed by atoms with Crippen LogP contribution in [0.25, 0.3) is 0 Å². The van der Waals surface area contributed by atoms with Crippen molar-refractivity contribution >= 4 is 18.6 Å². The third kappa shape index (κ3) is 2.60. The standard InChI is InChI=1S/C7H14O2S/c1-7(2,4-5-10)6(8)9-3/h10H,4-5H2,1-3H3. The Morgan fingerprint density at radius 1 is 1.60 bits per heavy atom. The van der Waals surface area contributed by atoms with Gasteiger partial charge in [0.1, 0.15) is 0 Å². The van der Waals surface area contributed by atoms with Crippen LogP contribution < -0.4 is 0 Å². The maximum atomic E-state index is 11.0. The minimum Gasteiger partial charge on any atom is -0.469 e. The highest BCUT2D eigenvalue weighted by molar-refractivity contribution is 7.80. The molecule has 0 aromatic heterocycles. The number of ether oxygens (including phenoxy) is 1. The molecule has 0 amide bonds. The van der Waals surface area contributed by atoms with E-state index < -0.39 is 0 Å². The number of methoxy groups -OCH3 is 1. The van der Waals surface area contributed by atoms with Gasteiger partial charge in [-0.15, -0.1) is 0 Å². The van der Waals surface area contributed by atoms with Gasteiger partial charge in [-0.3, -0.25) is 4.79 Å².